The van der Waals surface area contributed by atoms with Gasteiger partial charge in [-0.25, -0.2) is 4.98 Å². The molecule has 1 aromatic heterocycles. The number of nitrogens with zero attached hydrogens (tertiary/aromatic N) is 2. The van der Waals surface area contributed by atoms with Crippen LogP contribution in [0.4, 0.5) is 5.69 Å². The molecule has 0 aliphatic heterocycles. The number of nitrogens with two attached hydrogens (primary N) is 1. The van der Waals surface area contributed by atoms with Gasteiger partial charge in [0.25, 0.3) is 10.0 Å². The van der Waals surface area contributed by atoms with Crippen molar-refractivity contribution in [3.05, 3.63) is 41.9 Å². The van der Waals surface area contributed by atoms with Crippen molar-refractivity contribution >= 4 is 32.9 Å². The van der Waals surface area contributed by atoms with Crippen LogP contribution in [-0.2, 0) is 17.1 Å². The number of anilines is 1. The van der Waals surface area contributed by atoms with Gasteiger partial charge in [-0.3, -0.25) is 4.72 Å². The van der Waals surface area contributed by atoms with Gasteiger partial charge in [-0.2, -0.15) is 8.42 Å². The average Bonchev–Trinajstić information content (AvgIpc) is 2.70. The lowest BCUT2D eigenvalue weighted by molar-refractivity contribution is 0.598. The molecule has 0 aliphatic carbocycles. The number of hydrogen-bond acceptors (Lipinski definition) is 4. The first-order chi connectivity index (χ1) is 9.31. The molecule has 6 nitrogen and oxygen atoms in total. The third-order valence-electron chi connectivity index (χ3n) is 2.80. The van der Waals surface area contributed by atoms with Crippen LogP contribution in [0.2, 0.25) is 0 Å². The van der Waals surface area contributed by atoms with Crippen molar-refractivity contribution in [2.75, 3.05) is 4.72 Å². The summed E-state index contributed by atoms with van der Waals surface area (Å²) in [5, 5.41) is -0.0461. The number of nitrogens with one attached hydrogen (secondary N) is 1. The minimum Gasteiger partial charge on any atom is -0.389 e. The zero-order valence-electron chi connectivity index (χ0n) is 11.0. The van der Waals surface area contributed by atoms with Crippen LogP contribution < -0.4 is 10.5 Å². The van der Waals surface area contributed by atoms with E-state index in [4.69, 9.17) is 18.0 Å². The van der Waals surface area contributed by atoms with Gasteiger partial charge in [-0.05, 0) is 19.1 Å². The van der Waals surface area contributed by atoms with E-state index in [1.807, 2.05) is 0 Å². The summed E-state index contributed by atoms with van der Waals surface area (Å²) in [6.45, 7) is 1.72. The van der Waals surface area contributed by atoms with Gasteiger partial charge in [0.2, 0.25) is 0 Å². The molecule has 2 aromatic rings. The molecule has 2 rings (SSSR count). The van der Waals surface area contributed by atoms with Gasteiger partial charge in [0.1, 0.15) is 10.8 Å². The van der Waals surface area contributed by atoms with Crippen LogP contribution in [0.1, 0.15) is 11.4 Å². The molecule has 3 N–H and O–H groups in total. The molecule has 1 heterocycles. The van der Waals surface area contributed by atoms with Crippen molar-refractivity contribution in [1.29, 1.82) is 0 Å². The Hall–Kier alpha value is -1.93. The molecule has 0 unspecified atom stereocenters. The van der Waals surface area contributed by atoms with Gasteiger partial charge in [-0.1, -0.05) is 24.4 Å². The number of sulfonamides is 1. The molecular formula is C12H14N4O2S2. The van der Waals surface area contributed by atoms with Crippen molar-refractivity contribution < 1.29 is 8.42 Å². The van der Waals surface area contributed by atoms with Gasteiger partial charge in [0.15, 0.2) is 5.03 Å². The maximum absolute atomic E-state index is 12.3. The number of aromatic nitrogens is 2. The SMILES string of the molecule is Cc1nc(S(=O)(=O)Nc2ccccc2C(N)=S)cn1C. The summed E-state index contributed by atoms with van der Waals surface area (Å²) in [5.74, 6) is 0.605. The van der Waals surface area contributed by atoms with Gasteiger partial charge < -0.3 is 10.3 Å². The molecule has 0 fully saturated rings. The lowest BCUT2D eigenvalue weighted by atomic mass is 10.2. The zero-order chi connectivity index (χ0) is 14.9. The van der Waals surface area contributed by atoms with Crippen LogP contribution in [0.15, 0.2) is 35.5 Å². The molecule has 0 radical (unpaired) electrons. The van der Waals surface area contributed by atoms with Crippen LogP contribution in [0, 0.1) is 6.92 Å². The number of hydrogen-bond donors (Lipinski definition) is 2. The summed E-state index contributed by atoms with van der Waals surface area (Å²) >= 11 is 4.90. The average molecular weight is 310 g/mol. The van der Waals surface area contributed by atoms with E-state index in [0.717, 1.165) is 0 Å². The number of para-hydroxylation sites is 1. The molecule has 0 amide bonds. The third kappa shape index (κ3) is 2.81. The fourth-order valence-corrected chi connectivity index (χ4v) is 2.94. The summed E-state index contributed by atoms with van der Waals surface area (Å²) < 4.78 is 28.6. The van der Waals surface area contributed by atoms with E-state index < -0.39 is 10.0 Å². The van der Waals surface area contributed by atoms with Crippen LogP contribution in [0.3, 0.4) is 0 Å². The zero-order valence-corrected chi connectivity index (χ0v) is 12.6. The standard InChI is InChI=1S/C12H14N4O2S2/c1-8-14-11(7-16(8)2)20(17,18)15-10-6-4-3-5-9(10)12(13)19/h3-7,15H,1-2H3,(H2,13,19). The Morgan fingerprint density at radius 3 is 2.60 bits per heavy atom. The first kappa shape index (κ1) is 14.5. The van der Waals surface area contributed by atoms with E-state index in [1.54, 1.807) is 42.8 Å². The van der Waals surface area contributed by atoms with E-state index in [1.165, 1.54) is 6.20 Å². The third-order valence-corrected chi connectivity index (χ3v) is 4.25. The Morgan fingerprint density at radius 1 is 1.40 bits per heavy atom. The molecule has 0 bridgehead atoms. The van der Waals surface area contributed by atoms with Crippen molar-refractivity contribution in [3.63, 3.8) is 0 Å². The minimum atomic E-state index is -3.77. The van der Waals surface area contributed by atoms with Gasteiger partial charge in [-0.15, -0.1) is 0 Å². The molecular weight excluding hydrogens is 296 g/mol. The Labute approximate surface area is 122 Å². The monoisotopic (exact) mass is 310 g/mol. The smallest absolute Gasteiger partial charge is 0.280 e. The highest BCUT2D eigenvalue weighted by atomic mass is 32.2. The predicted molar refractivity (Wildman–Crippen MR) is 81.1 cm³/mol. The van der Waals surface area contributed by atoms with E-state index in [2.05, 4.69) is 9.71 Å². The lowest BCUT2D eigenvalue weighted by Gasteiger charge is -2.10. The number of benzene rings is 1. The second kappa shape index (κ2) is 5.22. The van der Waals surface area contributed by atoms with E-state index in [0.29, 0.717) is 17.1 Å². The fraction of sp³-hybridized carbons (Fsp3) is 0.167. The molecule has 1 aromatic carbocycles. The Kier molecular flexibility index (Phi) is 3.78. The fourth-order valence-electron chi connectivity index (χ4n) is 1.64. The number of rotatable bonds is 4. The summed E-state index contributed by atoms with van der Waals surface area (Å²) in [7, 11) is -2.04. The summed E-state index contributed by atoms with van der Waals surface area (Å²) in [6.07, 6.45) is 1.45. The molecule has 8 heteroatoms. The van der Waals surface area contributed by atoms with Crippen molar-refractivity contribution in [3.8, 4) is 0 Å². The highest BCUT2D eigenvalue weighted by Gasteiger charge is 2.20. The molecule has 0 spiro atoms. The Morgan fingerprint density at radius 2 is 2.05 bits per heavy atom. The predicted octanol–water partition coefficient (Wildman–Crippen LogP) is 1.16. The molecule has 106 valence electrons. The summed E-state index contributed by atoms with van der Waals surface area (Å²) in [6, 6.07) is 6.69. The van der Waals surface area contributed by atoms with Crippen LogP contribution in [-0.4, -0.2) is 23.0 Å². The second-order valence-electron chi connectivity index (χ2n) is 4.25. The van der Waals surface area contributed by atoms with E-state index in [9.17, 15) is 8.42 Å². The van der Waals surface area contributed by atoms with Crippen molar-refractivity contribution in [1.82, 2.24) is 9.55 Å². The van der Waals surface area contributed by atoms with Crippen molar-refractivity contribution in [2.45, 2.75) is 11.9 Å². The topological polar surface area (TPSA) is 90.0 Å². The summed E-state index contributed by atoms with van der Waals surface area (Å²) in [5.41, 5.74) is 6.38. The first-order valence-corrected chi connectivity index (χ1v) is 7.62. The Balaban J connectivity index is 2.41. The normalized spacial score (nSPS) is 11.3. The van der Waals surface area contributed by atoms with Gasteiger partial charge in [0, 0.05) is 18.8 Å². The molecule has 0 aliphatic rings. The molecule has 0 saturated heterocycles. The quantitative estimate of drug-likeness (QED) is 0.827. The van der Waals surface area contributed by atoms with Crippen molar-refractivity contribution in [2.24, 2.45) is 12.8 Å². The van der Waals surface area contributed by atoms with Crippen LogP contribution >= 0.6 is 12.2 Å². The van der Waals surface area contributed by atoms with Gasteiger partial charge >= 0.3 is 0 Å². The van der Waals surface area contributed by atoms with Gasteiger partial charge in [0.05, 0.1) is 5.69 Å². The van der Waals surface area contributed by atoms with Crippen LogP contribution in [0.25, 0.3) is 0 Å². The number of aryl methyl sites for hydroxylation is 2. The van der Waals surface area contributed by atoms with E-state index in [-0.39, 0.29) is 10.0 Å². The second-order valence-corrected chi connectivity index (χ2v) is 6.32. The highest BCUT2D eigenvalue weighted by Crippen LogP contribution is 2.19. The lowest BCUT2D eigenvalue weighted by Crippen LogP contribution is -2.18. The summed E-state index contributed by atoms with van der Waals surface area (Å²) in [4.78, 5) is 4.13. The number of imidazole rings is 1. The minimum absolute atomic E-state index is 0.0461. The molecule has 0 atom stereocenters. The first-order valence-electron chi connectivity index (χ1n) is 5.73. The maximum Gasteiger partial charge on any atom is 0.280 e. The molecule has 0 saturated carbocycles. The van der Waals surface area contributed by atoms with E-state index >= 15 is 0 Å². The molecule has 20 heavy (non-hydrogen) atoms. The maximum atomic E-state index is 12.3. The van der Waals surface area contributed by atoms with Crippen LogP contribution in [0.5, 0.6) is 0 Å². The Bertz CT molecular complexity index is 746. The largest absolute Gasteiger partial charge is 0.389 e. The highest BCUT2D eigenvalue weighted by molar-refractivity contribution is 7.92. The number of thiocarbonyl (C=S) groups is 1.